The molecule has 0 radical (unpaired) electrons. The van der Waals surface area contributed by atoms with Crippen LogP contribution in [0, 0.1) is 0 Å². The summed E-state index contributed by atoms with van der Waals surface area (Å²) in [4.78, 5) is 21.8. The quantitative estimate of drug-likeness (QED) is 0.741. The summed E-state index contributed by atoms with van der Waals surface area (Å²) in [6.07, 6.45) is -0.811. The third kappa shape index (κ3) is 5.01. The number of carboxylic acids is 1. The number of hydrogen-bond acceptors (Lipinski definition) is 4. The van der Waals surface area contributed by atoms with Gasteiger partial charge in [-0.05, 0) is 20.8 Å². The number of carbonyl (C=O) groups excluding carboxylic acids is 1. The van der Waals surface area contributed by atoms with Crippen LogP contribution in [0.5, 0.6) is 0 Å². The number of H-pyrrole nitrogens is 1. The van der Waals surface area contributed by atoms with E-state index in [9.17, 15) is 9.59 Å². The fraction of sp³-hybridized carbons (Fsp3) is 0.500. The lowest BCUT2D eigenvalue weighted by Crippen LogP contribution is -2.27. The van der Waals surface area contributed by atoms with Crippen LogP contribution in [0.25, 0.3) is 0 Å². The molecule has 0 atom stereocenters. The molecule has 0 bridgehead atoms. The molecule has 1 aromatic rings. The summed E-state index contributed by atoms with van der Waals surface area (Å²) in [6.45, 7) is 5.23. The van der Waals surface area contributed by atoms with Crippen LogP contribution < -0.4 is 5.32 Å². The first-order valence-electron chi connectivity index (χ1n) is 5.02. The van der Waals surface area contributed by atoms with Gasteiger partial charge in [0, 0.05) is 11.8 Å². The predicted octanol–water partition coefficient (Wildman–Crippen LogP) is 1.38. The van der Waals surface area contributed by atoms with Crippen LogP contribution in [0.4, 0.5) is 10.6 Å². The molecule has 7 nitrogen and oxygen atoms in total. The molecule has 0 aliphatic carbocycles. The largest absolute Gasteiger partial charge is 0.481 e. The van der Waals surface area contributed by atoms with Gasteiger partial charge in [-0.2, -0.15) is 5.10 Å². The number of aromatic nitrogens is 2. The smallest absolute Gasteiger partial charge is 0.413 e. The predicted molar refractivity (Wildman–Crippen MR) is 59.8 cm³/mol. The minimum Gasteiger partial charge on any atom is -0.481 e. The van der Waals surface area contributed by atoms with Gasteiger partial charge in [-0.1, -0.05) is 0 Å². The normalized spacial score (nSPS) is 11.0. The minimum atomic E-state index is -0.975. The maximum absolute atomic E-state index is 11.4. The van der Waals surface area contributed by atoms with Crippen molar-refractivity contribution in [1.29, 1.82) is 0 Å². The second kappa shape index (κ2) is 4.86. The summed E-state index contributed by atoms with van der Waals surface area (Å²) in [5.74, 6) is -0.743. The Morgan fingerprint density at radius 1 is 1.53 bits per heavy atom. The van der Waals surface area contributed by atoms with Crippen molar-refractivity contribution < 1.29 is 19.4 Å². The van der Waals surface area contributed by atoms with E-state index in [4.69, 9.17) is 9.84 Å². The van der Waals surface area contributed by atoms with Gasteiger partial charge in [0.1, 0.15) is 5.60 Å². The summed E-state index contributed by atoms with van der Waals surface area (Å²) < 4.78 is 5.01. The number of anilines is 1. The number of nitrogens with zero attached hydrogens (tertiary/aromatic N) is 1. The highest BCUT2D eigenvalue weighted by Crippen LogP contribution is 2.10. The SMILES string of the molecule is CC(C)(C)OC(=O)Nc1cc(CC(=O)O)[nH]n1. The van der Waals surface area contributed by atoms with Crippen LogP contribution in [0.1, 0.15) is 26.5 Å². The number of aliphatic carboxylic acids is 1. The second-order valence-electron chi connectivity index (χ2n) is 4.48. The van der Waals surface area contributed by atoms with Crippen LogP contribution in [0.3, 0.4) is 0 Å². The van der Waals surface area contributed by atoms with Crippen LogP contribution in [0.2, 0.25) is 0 Å². The molecule has 1 amide bonds. The fourth-order valence-corrected chi connectivity index (χ4v) is 1.09. The van der Waals surface area contributed by atoms with Crippen molar-refractivity contribution in [3.05, 3.63) is 11.8 Å². The second-order valence-corrected chi connectivity index (χ2v) is 4.48. The zero-order valence-electron chi connectivity index (χ0n) is 9.90. The molecule has 0 unspecified atom stereocenters. The summed E-state index contributed by atoms with van der Waals surface area (Å²) >= 11 is 0. The van der Waals surface area contributed by atoms with Crippen molar-refractivity contribution in [3.63, 3.8) is 0 Å². The first-order chi connectivity index (χ1) is 7.76. The number of hydrogen-bond donors (Lipinski definition) is 3. The molecule has 7 heteroatoms. The van der Waals surface area contributed by atoms with Crippen molar-refractivity contribution in [3.8, 4) is 0 Å². The van der Waals surface area contributed by atoms with Crippen LogP contribution in [-0.4, -0.2) is 33.0 Å². The topological polar surface area (TPSA) is 104 Å². The Labute approximate surface area is 98.2 Å². The lowest BCUT2D eigenvalue weighted by atomic mass is 10.2. The number of carbonyl (C=O) groups is 2. The van der Waals surface area contributed by atoms with Gasteiger partial charge in [0.25, 0.3) is 0 Å². The molecule has 3 N–H and O–H groups in total. The summed E-state index contributed by atoms with van der Waals surface area (Å²) in [5, 5.41) is 17.2. The van der Waals surface area contributed by atoms with Crippen molar-refractivity contribution in [2.45, 2.75) is 32.8 Å². The molecule has 1 aromatic heterocycles. The lowest BCUT2D eigenvalue weighted by Gasteiger charge is -2.18. The summed E-state index contributed by atoms with van der Waals surface area (Å²) in [5.41, 5.74) is -0.187. The van der Waals surface area contributed by atoms with Gasteiger partial charge in [0.2, 0.25) is 0 Å². The molecule has 1 rings (SSSR count). The van der Waals surface area contributed by atoms with Crippen molar-refractivity contribution in [2.24, 2.45) is 0 Å². The van der Waals surface area contributed by atoms with Gasteiger partial charge < -0.3 is 9.84 Å². The van der Waals surface area contributed by atoms with E-state index in [0.717, 1.165) is 0 Å². The Hall–Kier alpha value is -2.05. The number of amides is 1. The van der Waals surface area contributed by atoms with Crippen molar-refractivity contribution in [1.82, 2.24) is 10.2 Å². The minimum absolute atomic E-state index is 0.178. The van der Waals surface area contributed by atoms with E-state index in [1.807, 2.05) is 0 Å². The Bertz CT molecular complexity index is 419. The van der Waals surface area contributed by atoms with E-state index >= 15 is 0 Å². The molecule has 0 saturated heterocycles. The number of carboxylic acid groups (broad SMARTS) is 1. The first-order valence-corrected chi connectivity index (χ1v) is 5.02. The van der Waals surface area contributed by atoms with E-state index in [-0.39, 0.29) is 12.2 Å². The monoisotopic (exact) mass is 241 g/mol. The van der Waals surface area contributed by atoms with Gasteiger partial charge in [-0.3, -0.25) is 15.2 Å². The highest BCUT2D eigenvalue weighted by atomic mass is 16.6. The van der Waals surface area contributed by atoms with Gasteiger partial charge in [-0.25, -0.2) is 4.79 Å². The molecule has 0 fully saturated rings. The summed E-state index contributed by atoms with van der Waals surface area (Å²) in [6, 6.07) is 1.44. The molecule has 0 aromatic carbocycles. The zero-order valence-corrected chi connectivity index (χ0v) is 9.90. The number of rotatable bonds is 3. The van der Waals surface area contributed by atoms with Gasteiger partial charge in [0.05, 0.1) is 6.42 Å². The highest BCUT2D eigenvalue weighted by Gasteiger charge is 2.17. The Morgan fingerprint density at radius 3 is 2.71 bits per heavy atom. The van der Waals surface area contributed by atoms with Crippen LogP contribution in [-0.2, 0) is 16.0 Å². The molecule has 17 heavy (non-hydrogen) atoms. The molecular formula is C10H15N3O4. The van der Waals surface area contributed by atoms with Gasteiger partial charge >= 0.3 is 12.1 Å². The first kappa shape index (κ1) is 13.0. The molecule has 1 heterocycles. The fourth-order valence-electron chi connectivity index (χ4n) is 1.09. The van der Waals surface area contributed by atoms with E-state index in [1.165, 1.54) is 6.07 Å². The van der Waals surface area contributed by atoms with E-state index in [1.54, 1.807) is 20.8 Å². The maximum Gasteiger partial charge on any atom is 0.413 e. The third-order valence-electron chi connectivity index (χ3n) is 1.60. The van der Waals surface area contributed by atoms with Gasteiger partial charge in [0.15, 0.2) is 5.82 Å². The van der Waals surface area contributed by atoms with Crippen LogP contribution >= 0.6 is 0 Å². The average Bonchev–Trinajstić information content (AvgIpc) is 2.46. The molecule has 0 saturated carbocycles. The average molecular weight is 241 g/mol. The van der Waals surface area contributed by atoms with Crippen LogP contribution in [0.15, 0.2) is 6.07 Å². The highest BCUT2D eigenvalue weighted by molar-refractivity contribution is 5.83. The van der Waals surface area contributed by atoms with E-state index in [2.05, 4.69) is 15.5 Å². The van der Waals surface area contributed by atoms with Crippen molar-refractivity contribution in [2.75, 3.05) is 5.32 Å². The number of nitrogens with one attached hydrogen (secondary N) is 2. The number of aromatic amines is 1. The molecule has 0 aliphatic rings. The maximum atomic E-state index is 11.4. The Balaban J connectivity index is 2.55. The standard InChI is InChI=1S/C10H15N3O4/c1-10(2,3)17-9(16)11-7-4-6(12-13-7)5-8(14)15/h4H,5H2,1-3H3,(H,14,15)(H2,11,12,13,16). The summed E-state index contributed by atoms with van der Waals surface area (Å²) in [7, 11) is 0. The third-order valence-corrected chi connectivity index (χ3v) is 1.60. The van der Waals surface area contributed by atoms with E-state index in [0.29, 0.717) is 5.69 Å². The van der Waals surface area contributed by atoms with E-state index < -0.39 is 17.7 Å². The molecular weight excluding hydrogens is 226 g/mol. The Kier molecular flexibility index (Phi) is 3.72. The zero-order chi connectivity index (χ0) is 13.1. The number of ether oxygens (including phenoxy) is 1. The van der Waals surface area contributed by atoms with Crippen molar-refractivity contribution >= 4 is 17.9 Å². The lowest BCUT2D eigenvalue weighted by molar-refractivity contribution is -0.136. The Morgan fingerprint density at radius 2 is 2.18 bits per heavy atom. The molecule has 0 spiro atoms. The molecule has 94 valence electrons. The molecule has 0 aliphatic heterocycles. The van der Waals surface area contributed by atoms with Gasteiger partial charge in [-0.15, -0.1) is 0 Å².